The summed E-state index contributed by atoms with van der Waals surface area (Å²) >= 11 is 0. The number of benzene rings is 5. The van der Waals surface area contributed by atoms with E-state index in [1.807, 2.05) is 6.92 Å². The molecule has 0 aliphatic heterocycles. The lowest BCUT2D eigenvalue weighted by Crippen LogP contribution is -2.15. The first-order chi connectivity index (χ1) is 23.6. The summed E-state index contributed by atoms with van der Waals surface area (Å²) < 4.78 is 102. The zero-order chi connectivity index (χ0) is 36.3. The summed E-state index contributed by atoms with van der Waals surface area (Å²) in [7, 11) is -13.4. The summed E-state index contributed by atoms with van der Waals surface area (Å²) in [4.78, 5) is -0.673. The predicted octanol–water partition coefficient (Wildman–Crippen LogP) is 5.51. The van der Waals surface area contributed by atoms with Gasteiger partial charge in [-0.15, -0.1) is 0 Å². The number of rotatable bonds is 11. The van der Waals surface area contributed by atoms with Gasteiger partial charge in [-0.25, -0.2) is 0 Å². The minimum absolute atomic E-state index is 0.186. The van der Waals surface area contributed by atoms with Crippen molar-refractivity contribution in [1.82, 2.24) is 0 Å². The Morgan fingerprint density at radius 1 is 0.680 bits per heavy atom. The van der Waals surface area contributed by atoms with Gasteiger partial charge in [-0.05, 0) is 93.6 Å². The van der Waals surface area contributed by atoms with Crippen molar-refractivity contribution in [3.05, 3.63) is 154 Å². The Morgan fingerprint density at radius 3 is 1.90 bits per heavy atom. The van der Waals surface area contributed by atoms with E-state index in [4.69, 9.17) is 0 Å². The molecule has 50 heavy (non-hydrogen) atoms. The van der Waals surface area contributed by atoms with Crippen molar-refractivity contribution in [1.29, 1.82) is 0 Å². The van der Waals surface area contributed by atoms with E-state index in [9.17, 15) is 38.9 Å². The van der Waals surface area contributed by atoms with Gasteiger partial charge in [-0.2, -0.15) is 25.3 Å². The van der Waals surface area contributed by atoms with Gasteiger partial charge >= 0.3 is 0 Å². The van der Waals surface area contributed by atoms with Gasteiger partial charge in [0.05, 0.1) is 15.8 Å². The molecular formula is C37H34NO9S3. The lowest BCUT2D eigenvalue weighted by Gasteiger charge is -2.20. The second kappa shape index (κ2) is 14.7. The quantitative estimate of drug-likeness (QED) is 0.127. The van der Waals surface area contributed by atoms with Gasteiger partial charge in [-0.1, -0.05) is 92.7 Å². The minimum Gasteiger partial charge on any atom is -0.378 e. The van der Waals surface area contributed by atoms with E-state index in [1.54, 1.807) is 85.8 Å². The third kappa shape index (κ3) is 8.38. The topological polar surface area (TPSA) is 175 Å². The molecule has 0 aliphatic carbocycles. The van der Waals surface area contributed by atoms with Crippen molar-refractivity contribution in [2.75, 3.05) is 5.32 Å². The molecule has 4 N–H and O–H groups in total. The Kier molecular flexibility index (Phi) is 10.8. The van der Waals surface area contributed by atoms with E-state index in [0.29, 0.717) is 56.8 Å². The fourth-order valence-corrected chi connectivity index (χ4v) is 7.84. The van der Waals surface area contributed by atoms with Crippen LogP contribution in [-0.2, 0) is 36.8 Å². The molecule has 0 aliphatic rings. The van der Waals surface area contributed by atoms with Gasteiger partial charge in [0.1, 0.15) is 4.90 Å². The zero-order valence-electron chi connectivity index (χ0n) is 27.0. The highest BCUT2D eigenvalue weighted by atomic mass is 32.2. The molecule has 5 aromatic carbocycles. The highest BCUT2D eigenvalue weighted by Crippen LogP contribution is 2.30. The molecule has 1 unspecified atom stereocenters. The van der Waals surface area contributed by atoms with Gasteiger partial charge < -0.3 is 5.32 Å². The number of hydrogen-bond acceptors (Lipinski definition) is 7. The van der Waals surface area contributed by atoms with Crippen LogP contribution in [0, 0.1) is 0 Å². The van der Waals surface area contributed by atoms with Gasteiger partial charge in [0.25, 0.3) is 30.4 Å². The average Bonchev–Trinajstić information content (AvgIpc) is 3.07. The highest BCUT2D eigenvalue weighted by molar-refractivity contribution is 7.86. The third-order valence-corrected chi connectivity index (χ3v) is 10.8. The zero-order valence-corrected chi connectivity index (χ0v) is 29.4. The molecule has 0 spiro atoms. The van der Waals surface area contributed by atoms with Gasteiger partial charge in [0, 0.05) is 11.3 Å². The van der Waals surface area contributed by atoms with Crippen LogP contribution in [0.15, 0.2) is 130 Å². The Labute approximate surface area is 291 Å². The summed E-state index contributed by atoms with van der Waals surface area (Å²) in [6.45, 7) is 3.70. The van der Waals surface area contributed by atoms with Gasteiger partial charge in [-0.3, -0.25) is 13.7 Å². The average molecular weight is 733 g/mol. The van der Waals surface area contributed by atoms with Crippen molar-refractivity contribution in [2.24, 2.45) is 0 Å². The molecule has 1 radical (unpaired) electrons. The maximum Gasteiger partial charge on any atom is 0.295 e. The van der Waals surface area contributed by atoms with Crippen molar-refractivity contribution in [2.45, 2.75) is 47.4 Å². The molecule has 5 rings (SSSR count). The third-order valence-electron chi connectivity index (χ3n) is 8.13. The number of anilines is 1. The van der Waals surface area contributed by atoms with Crippen LogP contribution in [0.2, 0.25) is 0 Å². The number of nitrogens with one attached hydrogen (secondary N) is 1. The molecular weight excluding hydrogens is 699 g/mol. The second-order valence-electron chi connectivity index (χ2n) is 11.4. The monoisotopic (exact) mass is 732 g/mol. The molecule has 13 heteroatoms. The fraction of sp³-hybridized carbons (Fsp3) is 0.135. The molecule has 0 amide bonds. The molecule has 10 nitrogen and oxygen atoms in total. The predicted molar refractivity (Wildman–Crippen MR) is 191 cm³/mol. The van der Waals surface area contributed by atoms with E-state index >= 15 is 0 Å². The largest absolute Gasteiger partial charge is 0.378 e. The van der Waals surface area contributed by atoms with Crippen LogP contribution in [0.4, 0.5) is 5.69 Å². The Balaban J connectivity index is 1.61. The van der Waals surface area contributed by atoms with Crippen molar-refractivity contribution in [3.8, 4) is 0 Å². The summed E-state index contributed by atoms with van der Waals surface area (Å²) in [5.41, 5.74) is 3.66. The molecule has 0 fully saturated rings. The van der Waals surface area contributed by atoms with Crippen LogP contribution < -0.4 is 15.8 Å². The van der Waals surface area contributed by atoms with E-state index in [1.165, 1.54) is 36.4 Å². The smallest absolute Gasteiger partial charge is 0.295 e. The summed E-state index contributed by atoms with van der Waals surface area (Å²) in [6, 6.07) is 30.6. The molecule has 0 saturated carbocycles. The lowest BCUT2D eigenvalue weighted by molar-refractivity contribution is 0.480. The minimum atomic E-state index is -4.62. The summed E-state index contributed by atoms with van der Waals surface area (Å²) in [5, 5.41) is 4.59. The Bertz CT molecular complexity index is 2490. The molecule has 0 aromatic heterocycles. The van der Waals surface area contributed by atoms with Crippen molar-refractivity contribution in [3.63, 3.8) is 0 Å². The maximum atomic E-state index is 12.5. The lowest BCUT2D eigenvalue weighted by atomic mass is 9.94. The molecule has 259 valence electrons. The first-order valence-electron chi connectivity index (χ1n) is 15.4. The summed E-state index contributed by atoms with van der Waals surface area (Å²) in [6.07, 6.45) is 4.13. The van der Waals surface area contributed by atoms with Crippen LogP contribution in [0.1, 0.15) is 54.1 Å². The molecule has 0 bridgehead atoms. The Morgan fingerprint density at radius 2 is 1.30 bits per heavy atom. The first kappa shape index (κ1) is 36.6. The fourth-order valence-electron chi connectivity index (χ4n) is 5.79. The first-order valence-corrected chi connectivity index (χ1v) is 19.8. The summed E-state index contributed by atoms with van der Waals surface area (Å²) in [5.74, 6) is 0. The van der Waals surface area contributed by atoms with Gasteiger partial charge in [0.15, 0.2) is 0 Å². The molecule has 0 heterocycles. The van der Waals surface area contributed by atoms with E-state index < -0.39 is 30.4 Å². The van der Waals surface area contributed by atoms with Crippen LogP contribution in [0.5, 0.6) is 0 Å². The second-order valence-corrected chi connectivity index (χ2v) is 15.6. The van der Waals surface area contributed by atoms with Crippen LogP contribution in [0.25, 0.3) is 11.6 Å². The van der Waals surface area contributed by atoms with E-state index in [2.05, 4.69) is 11.4 Å². The Hall–Kier alpha value is -4.63. The standard InChI is InChI=1S/C37H34NO9S3/c1-3-32-28(9-8-14-35(32)49(42,43)44)23-25-15-17-26(18-16-25)37(33-12-5-6-13-36(33)50(45,46)47)27-19-21-30(22-20-27)38-34(4-2)29-10-7-11-31(24-29)48(39,40)41/h5-22,24,34,38H,3-4H2,1-2H3,(H,39,40,41)(H,42,43,44)(H,45,46,47). The van der Waals surface area contributed by atoms with Gasteiger partial charge in [0.2, 0.25) is 0 Å². The van der Waals surface area contributed by atoms with Crippen LogP contribution >= 0.6 is 0 Å². The van der Waals surface area contributed by atoms with E-state index in [0.717, 1.165) is 0 Å². The van der Waals surface area contributed by atoms with Crippen LogP contribution in [0.3, 0.4) is 0 Å². The normalized spacial score (nSPS) is 12.7. The molecule has 5 aromatic rings. The SMILES string of the molecule is CCc1c([C]=c2ccc(=C(c3ccc(NC(CC)c4cccc(S(=O)(=O)O)c4)cc3)c3ccccc3S(=O)(=O)O)cc2)cccc1S(=O)(=O)O. The van der Waals surface area contributed by atoms with Crippen molar-refractivity contribution >= 4 is 47.7 Å². The van der Waals surface area contributed by atoms with Crippen molar-refractivity contribution < 1.29 is 38.9 Å². The molecule has 1 atom stereocenters. The van der Waals surface area contributed by atoms with Crippen LogP contribution in [-0.4, -0.2) is 38.9 Å². The maximum absolute atomic E-state index is 12.5. The highest BCUT2D eigenvalue weighted by Gasteiger charge is 2.20. The van der Waals surface area contributed by atoms with E-state index in [-0.39, 0.29) is 26.3 Å². The molecule has 0 saturated heterocycles. The number of hydrogen-bond donors (Lipinski definition) is 4.